The lowest BCUT2D eigenvalue weighted by molar-refractivity contribution is 0.623. The molecule has 0 atom stereocenters. The summed E-state index contributed by atoms with van der Waals surface area (Å²) >= 11 is 7.61. The standard InChI is InChI=1S/C11H15ClN2S/c12-10-5-9(13)6-11(14-10)15-7-8-3-1-2-4-8/h5-6,8H,1-4,7H2,(H2,13,14). The maximum atomic E-state index is 5.84. The van der Waals surface area contributed by atoms with Crippen molar-refractivity contribution in [2.75, 3.05) is 11.5 Å². The van der Waals surface area contributed by atoms with Crippen LogP contribution in [0.3, 0.4) is 0 Å². The highest BCUT2D eigenvalue weighted by Crippen LogP contribution is 2.31. The highest BCUT2D eigenvalue weighted by Gasteiger charge is 2.15. The van der Waals surface area contributed by atoms with Crippen LogP contribution in [0.25, 0.3) is 0 Å². The number of hydrogen-bond donors (Lipinski definition) is 1. The second kappa shape index (κ2) is 5.08. The van der Waals surface area contributed by atoms with Crippen molar-refractivity contribution in [3.8, 4) is 0 Å². The average Bonchev–Trinajstić information content (AvgIpc) is 2.65. The molecule has 2 nitrogen and oxygen atoms in total. The minimum absolute atomic E-state index is 0.490. The first-order valence-electron chi connectivity index (χ1n) is 5.30. The van der Waals surface area contributed by atoms with Crippen LogP contribution in [0, 0.1) is 5.92 Å². The minimum atomic E-state index is 0.490. The zero-order chi connectivity index (χ0) is 10.7. The number of pyridine rings is 1. The molecule has 0 aromatic carbocycles. The van der Waals surface area contributed by atoms with Crippen molar-refractivity contribution in [2.45, 2.75) is 30.7 Å². The van der Waals surface area contributed by atoms with Crippen LogP contribution in [0.4, 0.5) is 5.69 Å². The van der Waals surface area contributed by atoms with E-state index in [1.807, 2.05) is 6.07 Å². The number of aromatic nitrogens is 1. The fourth-order valence-electron chi connectivity index (χ4n) is 1.95. The van der Waals surface area contributed by atoms with Crippen LogP contribution in [0.1, 0.15) is 25.7 Å². The van der Waals surface area contributed by atoms with E-state index in [4.69, 9.17) is 17.3 Å². The monoisotopic (exact) mass is 242 g/mol. The Morgan fingerprint density at radius 3 is 2.80 bits per heavy atom. The minimum Gasteiger partial charge on any atom is -0.399 e. The molecule has 82 valence electrons. The third kappa shape index (κ3) is 3.28. The first kappa shape index (κ1) is 11.1. The van der Waals surface area contributed by atoms with Crippen LogP contribution in [0.15, 0.2) is 17.2 Å². The molecule has 0 spiro atoms. The molecule has 0 saturated heterocycles. The van der Waals surface area contributed by atoms with Gasteiger partial charge in [0.25, 0.3) is 0 Å². The molecule has 15 heavy (non-hydrogen) atoms. The number of hydrogen-bond acceptors (Lipinski definition) is 3. The van der Waals surface area contributed by atoms with E-state index >= 15 is 0 Å². The van der Waals surface area contributed by atoms with Crippen LogP contribution in [-0.4, -0.2) is 10.7 Å². The predicted molar refractivity (Wildman–Crippen MR) is 66.3 cm³/mol. The van der Waals surface area contributed by atoms with Gasteiger partial charge < -0.3 is 5.73 Å². The van der Waals surface area contributed by atoms with Gasteiger partial charge in [-0.05, 0) is 30.9 Å². The first-order chi connectivity index (χ1) is 7.24. The molecule has 0 unspecified atom stereocenters. The van der Waals surface area contributed by atoms with E-state index in [-0.39, 0.29) is 0 Å². The lowest BCUT2D eigenvalue weighted by Crippen LogP contribution is -1.97. The summed E-state index contributed by atoms with van der Waals surface area (Å²) in [6.07, 6.45) is 5.50. The Labute approximate surface area is 99.6 Å². The van der Waals surface area contributed by atoms with Gasteiger partial charge in [-0.1, -0.05) is 24.4 Å². The van der Waals surface area contributed by atoms with Gasteiger partial charge in [0.05, 0.1) is 5.03 Å². The van der Waals surface area contributed by atoms with Crippen molar-refractivity contribution in [1.82, 2.24) is 4.98 Å². The number of halogens is 1. The van der Waals surface area contributed by atoms with Gasteiger partial charge in [-0.3, -0.25) is 0 Å². The van der Waals surface area contributed by atoms with Gasteiger partial charge >= 0.3 is 0 Å². The van der Waals surface area contributed by atoms with E-state index in [0.29, 0.717) is 10.8 Å². The van der Waals surface area contributed by atoms with Crippen LogP contribution >= 0.6 is 23.4 Å². The third-order valence-corrected chi connectivity index (χ3v) is 4.07. The Morgan fingerprint density at radius 2 is 2.13 bits per heavy atom. The van der Waals surface area contributed by atoms with E-state index in [1.54, 1.807) is 17.8 Å². The largest absolute Gasteiger partial charge is 0.399 e. The Balaban J connectivity index is 1.92. The summed E-state index contributed by atoms with van der Waals surface area (Å²) in [5.41, 5.74) is 6.40. The Hall–Kier alpha value is -0.410. The molecule has 0 amide bonds. The van der Waals surface area contributed by atoms with Crippen molar-refractivity contribution in [3.63, 3.8) is 0 Å². The van der Waals surface area contributed by atoms with Crippen molar-refractivity contribution < 1.29 is 0 Å². The number of thioether (sulfide) groups is 1. The van der Waals surface area contributed by atoms with E-state index in [9.17, 15) is 0 Å². The van der Waals surface area contributed by atoms with Gasteiger partial charge in [0.1, 0.15) is 5.15 Å². The average molecular weight is 243 g/mol. The van der Waals surface area contributed by atoms with Gasteiger partial charge in [-0.25, -0.2) is 4.98 Å². The molecule has 1 saturated carbocycles. The van der Waals surface area contributed by atoms with Gasteiger partial charge in [-0.2, -0.15) is 0 Å². The normalized spacial score (nSPS) is 17.1. The number of rotatable bonds is 3. The van der Waals surface area contributed by atoms with Crippen LogP contribution in [0.2, 0.25) is 5.15 Å². The molecule has 1 heterocycles. The Morgan fingerprint density at radius 1 is 1.40 bits per heavy atom. The zero-order valence-electron chi connectivity index (χ0n) is 8.58. The molecule has 1 aliphatic rings. The summed E-state index contributed by atoms with van der Waals surface area (Å²) in [7, 11) is 0. The fraction of sp³-hybridized carbons (Fsp3) is 0.545. The Kier molecular flexibility index (Phi) is 3.76. The predicted octanol–water partition coefficient (Wildman–Crippen LogP) is 3.60. The SMILES string of the molecule is Nc1cc(Cl)nc(SCC2CCCC2)c1. The molecule has 1 fully saturated rings. The van der Waals surface area contributed by atoms with Crippen LogP contribution < -0.4 is 5.73 Å². The van der Waals surface area contributed by atoms with Crippen LogP contribution in [0.5, 0.6) is 0 Å². The molecule has 1 aromatic heterocycles. The van der Waals surface area contributed by atoms with E-state index in [1.165, 1.54) is 25.7 Å². The maximum absolute atomic E-state index is 5.84. The second-order valence-electron chi connectivity index (χ2n) is 4.02. The van der Waals surface area contributed by atoms with Crippen molar-refractivity contribution >= 4 is 29.1 Å². The first-order valence-corrected chi connectivity index (χ1v) is 6.66. The fourth-order valence-corrected chi connectivity index (χ4v) is 3.34. The number of anilines is 1. The van der Waals surface area contributed by atoms with Gasteiger partial charge in [-0.15, -0.1) is 11.8 Å². The number of nitrogen functional groups attached to an aromatic ring is 1. The Bertz CT molecular complexity index is 317. The molecule has 4 heteroatoms. The molecule has 2 rings (SSSR count). The summed E-state index contributed by atoms with van der Waals surface area (Å²) in [5, 5.41) is 1.44. The van der Waals surface area contributed by atoms with E-state index in [2.05, 4.69) is 4.98 Å². The van der Waals surface area contributed by atoms with E-state index < -0.39 is 0 Å². The zero-order valence-corrected chi connectivity index (χ0v) is 10.2. The maximum Gasteiger partial charge on any atom is 0.132 e. The topological polar surface area (TPSA) is 38.9 Å². The van der Waals surface area contributed by atoms with Gasteiger partial charge in [0.15, 0.2) is 0 Å². The van der Waals surface area contributed by atoms with Crippen LogP contribution in [-0.2, 0) is 0 Å². The van der Waals surface area contributed by atoms with Gasteiger partial charge in [0, 0.05) is 11.4 Å². The van der Waals surface area contributed by atoms with Crippen molar-refractivity contribution in [1.29, 1.82) is 0 Å². The summed E-state index contributed by atoms with van der Waals surface area (Å²) in [6.45, 7) is 0. The quantitative estimate of drug-likeness (QED) is 0.650. The highest BCUT2D eigenvalue weighted by atomic mass is 35.5. The smallest absolute Gasteiger partial charge is 0.132 e. The summed E-state index contributed by atoms with van der Waals surface area (Å²) in [6, 6.07) is 3.58. The molecular formula is C11H15ClN2S. The van der Waals surface area contributed by atoms with Gasteiger partial charge in [0.2, 0.25) is 0 Å². The summed E-state index contributed by atoms with van der Waals surface area (Å²) in [5.74, 6) is 2.00. The summed E-state index contributed by atoms with van der Waals surface area (Å²) < 4.78 is 0. The number of nitrogens with zero attached hydrogens (tertiary/aromatic N) is 1. The molecule has 1 aliphatic carbocycles. The lowest BCUT2D eigenvalue weighted by atomic mass is 10.1. The third-order valence-electron chi connectivity index (χ3n) is 2.73. The molecule has 0 bridgehead atoms. The second-order valence-corrected chi connectivity index (χ2v) is 5.45. The molecule has 1 aromatic rings. The molecular weight excluding hydrogens is 228 g/mol. The highest BCUT2D eigenvalue weighted by molar-refractivity contribution is 7.99. The van der Waals surface area contributed by atoms with E-state index in [0.717, 1.165) is 16.7 Å². The van der Waals surface area contributed by atoms with Crippen molar-refractivity contribution in [3.05, 3.63) is 17.3 Å². The molecule has 2 N–H and O–H groups in total. The summed E-state index contributed by atoms with van der Waals surface area (Å²) in [4.78, 5) is 4.24. The molecule has 0 aliphatic heterocycles. The number of nitrogens with two attached hydrogens (primary N) is 1. The lowest BCUT2D eigenvalue weighted by Gasteiger charge is -2.08. The van der Waals surface area contributed by atoms with Crippen molar-refractivity contribution in [2.24, 2.45) is 5.92 Å². The molecule has 0 radical (unpaired) electrons.